The molecular weight excluding hydrogens is 394 g/mol. The minimum absolute atomic E-state index is 0.284. The Balaban J connectivity index is 2.31. The van der Waals surface area contributed by atoms with Gasteiger partial charge in [0.2, 0.25) is 0 Å². The van der Waals surface area contributed by atoms with E-state index in [1.54, 1.807) is 51.6 Å². The Bertz CT molecular complexity index is 960. The first kappa shape index (κ1) is 22.8. The van der Waals surface area contributed by atoms with E-state index in [4.69, 9.17) is 13.9 Å². The summed E-state index contributed by atoms with van der Waals surface area (Å²) < 4.78 is 16.1. The molecule has 7 nitrogen and oxygen atoms in total. The lowest BCUT2D eigenvalue weighted by molar-refractivity contribution is -0.136. The van der Waals surface area contributed by atoms with Gasteiger partial charge in [0.15, 0.2) is 0 Å². The van der Waals surface area contributed by atoms with Gasteiger partial charge < -0.3 is 19.2 Å². The summed E-state index contributed by atoms with van der Waals surface area (Å²) in [6.07, 6.45) is 1.61. The summed E-state index contributed by atoms with van der Waals surface area (Å²) in [5, 5.41) is 3.14. The standard InChI is InChI=1S/C21H27NO6S/c1-12-9-15-18(13(2)11-17(23)26-15)16(10-12)27-19(24)14(7-8-29-6)22-20(25)28-21(3,4)5/h9-11,14H,7-8H2,1-6H3,(H,22,25)/t14-/m1/s1. The Morgan fingerprint density at radius 2 is 1.90 bits per heavy atom. The molecule has 29 heavy (non-hydrogen) atoms. The average molecular weight is 422 g/mol. The van der Waals surface area contributed by atoms with Crippen molar-refractivity contribution < 1.29 is 23.5 Å². The zero-order chi connectivity index (χ0) is 21.8. The first-order chi connectivity index (χ1) is 13.5. The van der Waals surface area contributed by atoms with E-state index in [2.05, 4.69) is 5.32 Å². The maximum absolute atomic E-state index is 12.9. The van der Waals surface area contributed by atoms with E-state index in [0.717, 1.165) is 5.56 Å². The average Bonchev–Trinajstić information content (AvgIpc) is 2.55. The molecule has 0 bridgehead atoms. The number of esters is 1. The van der Waals surface area contributed by atoms with Crippen molar-refractivity contribution in [1.82, 2.24) is 5.32 Å². The number of amides is 1. The second-order valence-electron chi connectivity index (χ2n) is 7.79. The molecule has 1 N–H and O–H groups in total. The number of alkyl carbamates (subject to hydrolysis) is 1. The van der Waals surface area contributed by atoms with Crippen molar-refractivity contribution in [3.63, 3.8) is 0 Å². The Labute approximate surface area is 174 Å². The molecule has 0 radical (unpaired) electrons. The van der Waals surface area contributed by atoms with Crippen LogP contribution in [-0.2, 0) is 9.53 Å². The number of ether oxygens (including phenoxy) is 2. The molecule has 0 spiro atoms. The van der Waals surface area contributed by atoms with E-state index in [1.807, 2.05) is 13.2 Å². The van der Waals surface area contributed by atoms with Crippen molar-refractivity contribution in [2.75, 3.05) is 12.0 Å². The first-order valence-corrected chi connectivity index (χ1v) is 10.6. The fraction of sp³-hybridized carbons (Fsp3) is 0.476. The third-order valence-corrected chi connectivity index (χ3v) is 4.59. The van der Waals surface area contributed by atoms with Crippen LogP contribution in [0.4, 0.5) is 4.79 Å². The van der Waals surface area contributed by atoms with Crippen LogP contribution in [-0.4, -0.2) is 35.7 Å². The normalized spacial score (nSPS) is 12.5. The van der Waals surface area contributed by atoms with Gasteiger partial charge in [0.05, 0.1) is 5.39 Å². The smallest absolute Gasteiger partial charge is 0.408 e. The van der Waals surface area contributed by atoms with Crippen LogP contribution in [0.2, 0.25) is 0 Å². The summed E-state index contributed by atoms with van der Waals surface area (Å²) in [5.41, 5.74) is 0.606. The quantitative estimate of drug-likeness (QED) is 0.428. The van der Waals surface area contributed by atoms with Crippen LogP contribution in [0, 0.1) is 13.8 Å². The highest BCUT2D eigenvalue weighted by atomic mass is 32.2. The van der Waals surface area contributed by atoms with Gasteiger partial charge in [0.1, 0.15) is 23.0 Å². The molecule has 0 saturated heterocycles. The minimum Gasteiger partial charge on any atom is -0.444 e. The Kier molecular flexibility index (Phi) is 7.35. The molecule has 0 saturated carbocycles. The third-order valence-electron chi connectivity index (χ3n) is 3.95. The zero-order valence-corrected chi connectivity index (χ0v) is 18.4. The second kappa shape index (κ2) is 9.35. The van der Waals surface area contributed by atoms with Gasteiger partial charge in [-0.3, -0.25) is 0 Å². The lowest BCUT2D eigenvalue weighted by Gasteiger charge is -2.23. The third kappa shape index (κ3) is 6.52. The number of aryl methyl sites for hydroxylation is 2. The monoisotopic (exact) mass is 421 g/mol. The predicted molar refractivity (Wildman–Crippen MR) is 114 cm³/mol. The lowest BCUT2D eigenvalue weighted by Crippen LogP contribution is -2.45. The zero-order valence-electron chi connectivity index (χ0n) is 17.6. The number of nitrogens with one attached hydrogen (secondary N) is 1. The number of fused-ring (bicyclic) bond motifs is 1. The van der Waals surface area contributed by atoms with Crippen molar-refractivity contribution in [3.8, 4) is 5.75 Å². The molecule has 0 aliphatic carbocycles. The van der Waals surface area contributed by atoms with Gasteiger partial charge in [0, 0.05) is 6.07 Å². The molecule has 8 heteroatoms. The van der Waals surface area contributed by atoms with Gasteiger partial charge >= 0.3 is 17.7 Å². The van der Waals surface area contributed by atoms with Crippen LogP contribution < -0.4 is 15.7 Å². The first-order valence-electron chi connectivity index (χ1n) is 9.25. The SMILES string of the molecule is CSCC[C@@H](NC(=O)OC(C)(C)C)C(=O)Oc1cc(C)cc2oc(=O)cc(C)c12. The molecule has 1 aromatic heterocycles. The lowest BCUT2D eigenvalue weighted by atomic mass is 10.1. The van der Waals surface area contributed by atoms with Crippen LogP contribution in [0.1, 0.15) is 38.3 Å². The Hall–Kier alpha value is -2.48. The molecule has 0 aliphatic heterocycles. The van der Waals surface area contributed by atoms with E-state index >= 15 is 0 Å². The largest absolute Gasteiger partial charge is 0.444 e. The molecule has 2 aromatic rings. The molecule has 2 rings (SSSR count). The van der Waals surface area contributed by atoms with Gasteiger partial charge in [-0.25, -0.2) is 14.4 Å². The molecule has 158 valence electrons. The number of thioether (sulfide) groups is 1. The molecule has 0 aliphatic rings. The van der Waals surface area contributed by atoms with E-state index in [9.17, 15) is 14.4 Å². The van der Waals surface area contributed by atoms with Gasteiger partial charge in [0.25, 0.3) is 0 Å². The van der Waals surface area contributed by atoms with Crippen LogP contribution in [0.15, 0.2) is 27.4 Å². The highest BCUT2D eigenvalue weighted by molar-refractivity contribution is 7.98. The fourth-order valence-electron chi connectivity index (χ4n) is 2.77. The Morgan fingerprint density at radius 3 is 2.52 bits per heavy atom. The van der Waals surface area contributed by atoms with E-state index < -0.39 is 29.3 Å². The summed E-state index contributed by atoms with van der Waals surface area (Å²) in [5.74, 6) is 0.326. The van der Waals surface area contributed by atoms with Crippen molar-refractivity contribution in [1.29, 1.82) is 0 Å². The van der Waals surface area contributed by atoms with Crippen molar-refractivity contribution in [3.05, 3.63) is 39.7 Å². The van der Waals surface area contributed by atoms with E-state index in [1.165, 1.54) is 6.07 Å². The summed E-state index contributed by atoms with van der Waals surface area (Å²) in [6, 6.07) is 3.89. The molecule has 1 amide bonds. The number of benzene rings is 1. The summed E-state index contributed by atoms with van der Waals surface area (Å²) >= 11 is 1.55. The van der Waals surface area contributed by atoms with Crippen LogP contribution in [0.5, 0.6) is 5.75 Å². The van der Waals surface area contributed by atoms with E-state index in [-0.39, 0.29) is 5.75 Å². The fourth-order valence-corrected chi connectivity index (χ4v) is 3.24. The highest BCUT2D eigenvalue weighted by Crippen LogP contribution is 2.30. The number of rotatable bonds is 6. The van der Waals surface area contributed by atoms with Crippen LogP contribution in [0.25, 0.3) is 11.0 Å². The summed E-state index contributed by atoms with van der Waals surface area (Å²) in [6.45, 7) is 8.80. The molecule has 0 fully saturated rings. The number of hydrogen-bond donors (Lipinski definition) is 1. The van der Waals surface area contributed by atoms with Crippen molar-refractivity contribution in [2.45, 2.75) is 52.7 Å². The maximum Gasteiger partial charge on any atom is 0.408 e. The van der Waals surface area contributed by atoms with Crippen molar-refractivity contribution in [2.24, 2.45) is 0 Å². The molecule has 1 aromatic carbocycles. The van der Waals surface area contributed by atoms with Gasteiger partial charge in [-0.15, -0.1) is 0 Å². The van der Waals surface area contributed by atoms with Gasteiger partial charge in [-0.05, 0) is 76.3 Å². The number of carbonyl (C=O) groups excluding carboxylic acids is 2. The molecule has 1 heterocycles. The Morgan fingerprint density at radius 1 is 1.21 bits per heavy atom. The summed E-state index contributed by atoms with van der Waals surface area (Å²) in [7, 11) is 0. The van der Waals surface area contributed by atoms with Gasteiger partial charge in [-0.1, -0.05) is 0 Å². The topological polar surface area (TPSA) is 94.8 Å². The van der Waals surface area contributed by atoms with Crippen LogP contribution >= 0.6 is 11.8 Å². The summed E-state index contributed by atoms with van der Waals surface area (Å²) in [4.78, 5) is 36.7. The molecular formula is C21H27NO6S. The molecule has 1 atom stereocenters. The maximum atomic E-state index is 12.9. The molecule has 0 unspecified atom stereocenters. The number of hydrogen-bond acceptors (Lipinski definition) is 7. The van der Waals surface area contributed by atoms with Crippen LogP contribution in [0.3, 0.4) is 0 Å². The van der Waals surface area contributed by atoms with Crippen molar-refractivity contribution >= 4 is 34.8 Å². The highest BCUT2D eigenvalue weighted by Gasteiger charge is 2.26. The van der Waals surface area contributed by atoms with Gasteiger partial charge in [-0.2, -0.15) is 11.8 Å². The number of carbonyl (C=O) groups is 2. The second-order valence-corrected chi connectivity index (χ2v) is 8.77. The predicted octanol–water partition coefficient (Wildman–Crippen LogP) is 3.96. The van der Waals surface area contributed by atoms with E-state index in [0.29, 0.717) is 28.7 Å². The minimum atomic E-state index is -0.871.